The summed E-state index contributed by atoms with van der Waals surface area (Å²) in [4.78, 5) is 30.4. The number of nitrogens with zero attached hydrogens (tertiary/aromatic N) is 2. The van der Waals surface area contributed by atoms with Gasteiger partial charge < -0.3 is 10.6 Å². The smallest absolute Gasteiger partial charge is 0.242 e. The Morgan fingerprint density at radius 2 is 1.96 bits per heavy atom. The summed E-state index contributed by atoms with van der Waals surface area (Å²) in [7, 11) is 0. The second-order valence-corrected chi connectivity index (χ2v) is 7.06. The number of halogens is 1. The second kappa shape index (κ2) is 7.49. The number of rotatable bonds is 5. The van der Waals surface area contributed by atoms with Crippen LogP contribution < -0.4 is 10.6 Å². The Labute approximate surface area is 147 Å². The van der Waals surface area contributed by atoms with Gasteiger partial charge in [-0.1, -0.05) is 11.6 Å². The maximum absolute atomic E-state index is 12.4. The molecule has 2 heterocycles. The molecular formula is C17H23ClN4O2. The Bertz CT molecular complexity index is 595. The Hall–Kier alpha value is -1.66. The Kier molecular flexibility index (Phi) is 5.36. The molecule has 2 fully saturated rings. The van der Waals surface area contributed by atoms with Crippen molar-refractivity contribution >= 4 is 29.2 Å². The van der Waals surface area contributed by atoms with Crippen LogP contribution in [0.5, 0.6) is 0 Å². The van der Waals surface area contributed by atoms with Crippen molar-refractivity contribution < 1.29 is 9.59 Å². The summed E-state index contributed by atoms with van der Waals surface area (Å²) in [6.45, 7) is 3.50. The van der Waals surface area contributed by atoms with Crippen molar-refractivity contribution in [3.8, 4) is 0 Å². The van der Waals surface area contributed by atoms with Crippen LogP contribution in [-0.2, 0) is 9.59 Å². The number of carbonyl (C=O) groups excluding carboxylic acids is 2. The lowest BCUT2D eigenvalue weighted by molar-refractivity contribution is -0.124. The van der Waals surface area contributed by atoms with Gasteiger partial charge >= 0.3 is 0 Å². The molecule has 2 N–H and O–H groups in total. The highest BCUT2D eigenvalue weighted by Crippen LogP contribution is 2.29. The molecule has 0 aromatic carbocycles. The molecule has 1 saturated carbocycles. The summed E-state index contributed by atoms with van der Waals surface area (Å²) in [6.07, 6.45) is 5.33. The zero-order chi connectivity index (χ0) is 17.1. The molecule has 2 amide bonds. The zero-order valence-electron chi connectivity index (χ0n) is 13.8. The van der Waals surface area contributed by atoms with Gasteiger partial charge in [0.1, 0.15) is 5.82 Å². The van der Waals surface area contributed by atoms with Crippen molar-refractivity contribution in [1.82, 2.24) is 15.2 Å². The molecule has 0 bridgehead atoms. The molecule has 1 aliphatic carbocycles. The van der Waals surface area contributed by atoms with Gasteiger partial charge in [-0.25, -0.2) is 4.98 Å². The van der Waals surface area contributed by atoms with Crippen LogP contribution >= 0.6 is 11.6 Å². The van der Waals surface area contributed by atoms with Crippen molar-refractivity contribution in [1.29, 1.82) is 0 Å². The highest BCUT2D eigenvalue weighted by molar-refractivity contribution is 6.30. The average molecular weight is 351 g/mol. The van der Waals surface area contributed by atoms with Gasteiger partial charge in [-0.15, -0.1) is 0 Å². The maximum atomic E-state index is 12.4. The van der Waals surface area contributed by atoms with E-state index in [1.165, 1.54) is 6.20 Å². The normalized spacial score (nSPS) is 20.4. The topological polar surface area (TPSA) is 74.3 Å². The largest absolute Gasteiger partial charge is 0.353 e. The van der Waals surface area contributed by atoms with Crippen molar-refractivity contribution in [2.45, 2.75) is 44.7 Å². The first-order valence-corrected chi connectivity index (χ1v) is 8.87. The van der Waals surface area contributed by atoms with Gasteiger partial charge in [-0.3, -0.25) is 14.5 Å². The van der Waals surface area contributed by atoms with Gasteiger partial charge in [-0.05, 0) is 44.7 Å². The van der Waals surface area contributed by atoms with E-state index in [0.29, 0.717) is 10.8 Å². The minimum atomic E-state index is -0.234. The molecule has 1 aromatic heterocycles. The predicted molar refractivity (Wildman–Crippen MR) is 92.8 cm³/mol. The lowest BCUT2D eigenvalue weighted by Gasteiger charge is -2.35. The van der Waals surface area contributed by atoms with Crippen LogP contribution in [0.15, 0.2) is 18.3 Å². The van der Waals surface area contributed by atoms with Gasteiger partial charge in [0.25, 0.3) is 0 Å². The molecule has 3 rings (SSSR count). The number of amides is 2. The standard InChI is InChI=1S/C17H23ClN4O2/c1-11(16(23)21-15-5-4-13(18)10-19-15)22-8-6-14(7-9-22)20-17(24)12-2-3-12/h4-5,10-12,14H,2-3,6-9H2,1H3,(H,20,24)(H,19,21,23). The molecular weight excluding hydrogens is 328 g/mol. The minimum Gasteiger partial charge on any atom is -0.353 e. The first kappa shape index (κ1) is 17.2. The van der Waals surface area contributed by atoms with Gasteiger partial charge in [0, 0.05) is 31.2 Å². The van der Waals surface area contributed by atoms with Crippen LogP contribution in [-0.4, -0.2) is 46.9 Å². The molecule has 7 heteroatoms. The lowest BCUT2D eigenvalue weighted by Crippen LogP contribution is -2.50. The molecule has 1 aliphatic heterocycles. The summed E-state index contributed by atoms with van der Waals surface area (Å²) < 4.78 is 0. The minimum absolute atomic E-state index is 0.0784. The van der Waals surface area contributed by atoms with E-state index < -0.39 is 0 Å². The summed E-state index contributed by atoms with van der Waals surface area (Å²) >= 11 is 5.79. The zero-order valence-corrected chi connectivity index (χ0v) is 14.6. The number of piperidine rings is 1. The molecule has 0 spiro atoms. The number of hydrogen-bond donors (Lipinski definition) is 2. The highest BCUT2D eigenvalue weighted by atomic mass is 35.5. The predicted octanol–water partition coefficient (Wildman–Crippen LogP) is 2.05. The van der Waals surface area contributed by atoms with Crippen LogP contribution in [0.1, 0.15) is 32.6 Å². The van der Waals surface area contributed by atoms with Crippen molar-refractivity contribution in [2.75, 3.05) is 18.4 Å². The molecule has 130 valence electrons. The molecule has 2 aliphatic rings. The van der Waals surface area contributed by atoms with Gasteiger partial charge in [0.15, 0.2) is 0 Å². The summed E-state index contributed by atoms with van der Waals surface area (Å²) in [5, 5.41) is 6.48. The van der Waals surface area contributed by atoms with Crippen molar-refractivity contribution in [3.63, 3.8) is 0 Å². The number of aromatic nitrogens is 1. The van der Waals surface area contributed by atoms with E-state index in [1.807, 2.05) is 6.92 Å². The van der Waals surface area contributed by atoms with Crippen molar-refractivity contribution in [3.05, 3.63) is 23.4 Å². The Morgan fingerprint density at radius 1 is 1.25 bits per heavy atom. The number of carbonyl (C=O) groups is 2. The fraction of sp³-hybridized carbons (Fsp3) is 0.588. The third-order valence-corrected chi connectivity index (χ3v) is 4.95. The van der Waals surface area contributed by atoms with Crippen molar-refractivity contribution in [2.24, 2.45) is 5.92 Å². The Balaban J connectivity index is 1.45. The number of anilines is 1. The first-order chi connectivity index (χ1) is 11.5. The van der Waals surface area contributed by atoms with E-state index in [9.17, 15) is 9.59 Å². The second-order valence-electron chi connectivity index (χ2n) is 6.62. The van der Waals surface area contributed by atoms with E-state index in [0.717, 1.165) is 38.8 Å². The summed E-state index contributed by atoms with van der Waals surface area (Å²) in [6, 6.07) is 3.39. The van der Waals surface area contributed by atoms with E-state index in [-0.39, 0.29) is 29.8 Å². The third kappa shape index (κ3) is 4.45. The third-order valence-electron chi connectivity index (χ3n) is 4.73. The molecule has 1 unspecified atom stereocenters. The molecule has 6 nitrogen and oxygen atoms in total. The summed E-state index contributed by atoms with van der Waals surface area (Å²) in [5.74, 6) is 0.876. The molecule has 0 radical (unpaired) electrons. The number of likely N-dealkylation sites (tertiary alicyclic amines) is 1. The fourth-order valence-electron chi connectivity index (χ4n) is 2.94. The molecule has 1 saturated heterocycles. The van der Waals surface area contributed by atoms with Gasteiger partial charge in [0.05, 0.1) is 11.1 Å². The first-order valence-electron chi connectivity index (χ1n) is 8.50. The quantitative estimate of drug-likeness (QED) is 0.852. The van der Waals surface area contributed by atoms with E-state index in [1.54, 1.807) is 12.1 Å². The van der Waals surface area contributed by atoms with Crippen LogP contribution in [0.25, 0.3) is 0 Å². The van der Waals surface area contributed by atoms with Crippen LogP contribution in [0.4, 0.5) is 5.82 Å². The van der Waals surface area contributed by atoms with E-state index >= 15 is 0 Å². The highest BCUT2D eigenvalue weighted by Gasteiger charge is 2.32. The number of hydrogen-bond acceptors (Lipinski definition) is 4. The monoisotopic (exact) mass is 350 g/mol. The molecule has 1 aromatic rings. The van der Waals surface area contributed by atoms with Crippen LogP contribution in [0, 0.1) is 5.92 Å². The van der Waals surface area contributed by atoms with E-state index in [4.69, 9.17) is 11.6 Å². The number of nitrogens with one attached hydrogen (secondary N) is 2. The summed E-state index contributed by atoms with van der Waals surface area (Å²) in [5.41, 5.74) is 0. The lowest BCUT2D eigenvalue weighted by atomic mass is 10.0. The average Bonchev–Trinajstić information content (AvgIpc) is 3.42. The Morgan fingerprint density at radius 3 is 2.54 bits per heavy atom. The maximum Gasteiger partial charge on any atom is 0.242 e. The van der Waals surface area contributed by atoms with Crippen LogP contribution in [0.2, 0.25) is 5.02 Å². The van der Waals surface area contributed by atoms with Gasteiger partial charge in [-0.2, -0.15) is 0 Å². The van der Waals surface area contributed by atoms with Crippen LogP contribution in [0.3, 0.4) is 0 Å². The van der Waals surface area contributed by atoms with Gasteiger partial charge in [0.2, 0.25) is 11.8 Å². The molecule has 1 atom stereocenters. The van der Waals surface area contributed by atoms with E-state index in [2.05, 4.69) is 20.5 Å². The number of pyridine rings is 1. The SMILES string of the molecule is CC(C(=O)Nc1ccc(Cl)cn1)N1CCC(NC(=O)C2CC2)CC1. The molecule has 24 heavy (non-hydrogen) atoms. The fourth-order valence-corrected chi connectivity index (χ4v) is 3.05.